The standard InChI is InChI=1S/C11H17F3N2O3/c12-11(13,14)5-6-15-10(19)16-7-3-1-2-4-8(16)9(17)18/h8H,1-7H2,(H,15,19)(H,17,18). The Kier molecular flexibility index (Phi) is 5.44. The van der Waals surface area contributed by atoms with Gasteiger partial charge in [-0.3, -0.25) is 0 Å². The summed E-state index contributed by atoms with van der Waals surface area (Å²) in [4.78, 5) is 23.9. The molecule has 1 rings (SSSR count). The first-order chi connectivity index (χ1) is 8.81. The van der Waals surface area contributed by atoms with Gasteiger partial charge in [0.25, 0.3) is 0 Å². The fourth-order valence-corrected chi connectivity index (χ4v) is 2.02. The van der Waals surface area contributed by atoms with Crippen LogP contribution in [-0.4, -0.2) is 47.3 Å². The van der Waals surface area contributed by atoms with E-state index in [-0.39, 0.29) is 6.54 Å². The van der Waals surface area contributed by atoms with Gasteiger partial charge < -0.3 is 15.3 Å². The first kappa shape index (κ1) is 15.6. The lowest BCUT2D eigenvalue weighted by Crippen LogP contribution is -2.49. The summed E-state index contributed by atoms with van der Waals surface area (Å²) in [6.45, 7) is -0.278. The van der Waals surface area contributed by atoms with Crippen molar-refractivity contribution >= 4 is 12.0 Å². The highest BCUT2D eigenvalue weighted by atomic mass is 19.4. The van der Waals surface area contributed by atoms with Crippen LogP contribution in [0.3, 0.4) is 0 Å². The quantitative estimate of drug-likeness (QED) is 0.831. The monoisotopic (exact) mass is 282 g/mol. The second kappa shape index (κ2) is 6.63. The SMILES string of the molecule is O=C(O)C1CCCCCN1C(=O)NCCC(F)(F)F. The molecule has 2 amide bonds. The third-order valence-electron chi connectivity index (χ3n) is 2.98. The number of carboxylic acid groups (broad SMARTS) is 1. The predicted molar refractivity (Wildman–Crippen MR) is 60.7 cm³/mol. The number of nitrogens with one attached hydrogen (secondary N) is 1. The Morgan fingerprint density at radius 2 is 1.95 bits per heavy atom. The van der Waals surface area contributed by atoms with Gasteiger partial charge >= 0.3 is 18.2 Å². The van der Waals surface area contributed by atoms with Gasteiger partial charge in [0.2, 0.25) is 0 Å². The minimum atomic E-state index is -4.34. The number of nitrogens with zero attached hydrogens (tertiary/aromatic N) is 1. The van der Waals surface area contributed by atoms with E-state index >= 15 is 0 Å². The molecule has 0 saturated carbocycles. The number of hydrogen-bond acceptors (Lipinski definition) is 2. The minimum Gasteiger partial charge on any atom is -0.480 e. The van der Waals surface area contributed by atoms with Crippen LogP contribution >= 0.6 is 0 Å². The van der Waals surface area contributed by atoms with E-state index in [1.807, 2.05) is 0 Å². The minimum absolute atomic E-state index is 0.259. The molecule has 8 heteroatoms. The van der Waals surface area contributed by atoms with Gasteiger partial charge in [0.15, 0.2) is 0 Å². The molecule has 0 aromatic rings. The summed E-state index contributed by atoms with van der Waals surface area (Å²) in [6, 6.07) is -1.69. The number of rotatable bonds is 3. The maximum atomic E-state index is 12.0. The van der Waals surface area contributed by atoms with E-state index in [1.165, 1.54) is 0 Å². The summed E-state index contributed by atoms with van der Waals surface area (Å²) in [7, 11) is 0. The number of carbonyl (C=O) groups is 2. The van der Waals surface area contributed by atoms with Crippen LogP contribution in [0.1, 0.15) is 32.1 Å². The maximum absolute atomic E-state index is 12.0. The van der Waals surface area contributed by atoms with E-state index in [1.54, 1.807) is 0 Å². The van der Waals surface area contributed by atoms with Crippen LogP contribution in [0, 0.1) is 0 Å². The van der Waals surface area contributed by atoms with Gasteiger partial charge in [0.05, 0.1) is 6.42 Å². The van der Waals surface area contributed by atoms with Gasteiger partial charge in [0, 0.05) is 13.1 Å². The van der Waals surface area contributed by atoms with E-state index in [0.29, 0.717) is 19.3 Å². The molecule has 1 atom stereocenters. The summed E-state index contributed by atoms with van der Waals surface area (Å²) in [5.41, 5.74) is 0. The van der Waals surface area contributed by atoms with Crippen molar-refractivity contribution in [2.24, 2.45) is 0 Å². The number of urea groups is 1. The summed E-state index contributed by atoms with van der Waals surface area (Å²) >= 11 is 0. The van der Waals surface area contributed by atoms with Gasteiger partial charge in [-0.1, -0.05) is 12.8 Å². The van der Waals surface area contributed by atoms with Gasteiger partial charge in [-0.25, -0.2) is 9.59 Å². The van der Waals surface area contributed by atoms with Crippen LogP contribution < -0.4 is 5.32 Å². The van der Waals surface area contributed by atoms with Gasteiger partial charge in [0.1, 0.15) is 6.04 Å². The number of hydrogen-bond donors (Lipinski definition) is 2. The molecule has 1 unspecified atom stereocenters. The zero-order chi connectivity index (χ0) is 14.5. The van der Waals surface area contributed by atoms with E-state index < -0.39 is 37.2 Å². The van der Waals surface area contributed by atoms with Crippen molar-refractivity contribution < 1.29 is 27.9 Å². The molecule has 5 nitrogen and oxygen atoms in total. The Balaban J connectivity index is 2.54. The smallest absolute Gasteiger partial charge is 0.390 e. The summed E-state index contributed by atoms with van der Waals surface area (Å²) < 4.78 is 35.9. The lowest BCUT2D eigenvalue weighted by atomic mass is 10.1. The van der Waals surface area contributed by atoms with Crippen LogP contribution in [0.15, 0.2) is 0 Å². The topological polar surface area (TPSA) is 69.6 Å². The fourth-order valence-electron chi connectivity index (χ4n) is 2.02. The number of halogens is 3. The molecular weight excluding hydrogens is 265 g/mol. The molecule has 0 aromatic heterocycles. The first-order valence-electron chi connectivity index (χ1n) is 6.15. The van der Waals surface area contributed by atoms with Crippen LogP contribution in [0.25, 0.3) is 0 Å². The summed E-state index contributed by atoms with van der Waals surface area (Å²) in [5, 5.41) is 11.2. The maximum Gasteiger partial charge on any atom is 0.390 e. The lowest BCUT2D eigenvalue weighted by Gasteiger charge is -2.27. The molecule has 0 bridgehead atoms. The second-order valence-electron chi connectivity index (χ2n) is 4.49. The van der Waals surface area contributed by atoms with Crippen LogP contribution in [0.5, 0.6) is 0 Å². The largest absolute Gasteiger partial charge is 0.480 e. The molecule has 1 heterocycles. The third-order valence-corrected chi connectivity index (χ3v) is 2.98. The van der Waals surface area contributed by atoms with E-state index in [9.17, 15) is 22.8 Å². The molecule has 0 aliphatic carbocycles. The van der Waals surface area contributed by atoms with Gasteiger partial charge in [-0.05, 0) is 12.8 Å². The fraction of sp³-hybridized carbons (Fsp3) is 0.818. The Bertz CT molecular complexity index is 334. The Morgan fingerprint density at radius 1 is 1.26 bits per heavy atom. The lowest BCUT2D eigenvalue weighted by molar-refractivity contribution is -0.142. The molecule has 110 valence electrons. The second-order valence-corrected chi connectivity index (χ2v) is 4.49. The van der Waals surface area contributed by atoms with Crippen molar-refractivity contribution in [2.45, 2.75) is 44.3 Å². The van der Waals surface area contributed by atoms with Crippen molar-refractivity contribution in [1.82, 2.24) is 10.2 Å². The van der Waals surface area contributed by atoms with Crippen molar-refractivity contribution in [2.75, 3.05) is 13.1 Å². The zero-order valence-electron chi connectivity index (χ0n) is 10.4. The molecule has 19 heavy (non-hydrogen) atoms. The summed E-state index contributed by atoms with van der Waals surface area (Å²) in [5.74, 6) is -1.12. The Morgan fingerprint density at radius 3 is 2.53 bits per heavy atom. The molecule has 0 spiro atoms. The van der Waals surface area contributed by atoms with Crippen LogP contribution in [0.2, 0.25) is 0 Å². The van der Waals surface area contributed by atoms with E-state index in [4.69, 9.17) is 5.11 Å². The van der Waals surface area contributed by atoms with E-state index in [2.05, 4.69) is 5.32 Å². The van der Waals surface area contributed by atoms with E-state index in [0.717, 1.165) is 11.3 Å². The molecule has 1 fully saturated rings. The normalized spacial score (nSPS) is 20.8. The third kappa shape index (κ3) is 5.35. The number of amides is 2. The van der Waals surface area contributed by atoms with Crippen LogP contribution in [0.4, 0.5) is 18.0 Å². The molecule has 2 N–H and O–H groups in total. The van der Waals surface area contributed by atoms with Crippen molar-refractivity contribution in [3.05, 3.63) is 0 Å². The number of carbonyl (C=O) groups excluding carboxylic acids is 1. The van der Waals surface area contributed by atoms with Gasteiger partial charge in [-0.2, -0.15) is 13.2 Å². The van der Waals surface area contributed by atoms with Crippen molar-refractivity contribution in [3.8, 4) is 0 Å². The molecule has 0 radical (unpaired) electrons. The summed E-state index contributed by atoms with van der Waals surface area (Å²) in [6.07, 6.45) is -2.94. The number of aliphatic carboxylic acids is 1. The molecule has 1 saturated heterocycles. The highest BCUT2D eigenvalue weighted by molar-refractivity contribution is 5.82. The number of alkyl halides is 3. The van der Waals surface area contributed by atoms with Gasteiger partial charge in [-0.15, -0.1) is 0 Å². The average Bonchev–Trinajstić information content (AvgIpc) is 2.52. The number of likely N-dealkylation sites (tertiary alicyclic amines) is 1. The Labute approximate surface area is 108 Å². The van der Waals surface area contributed by atoms with Crippen molar-refractivity contribution in [1.29, 1.82) is 0 Å². The molecule has 0 aromatic carbocycles. The number of carboxylic acids is 1. The Hall–Kier alpha value is -1.47. The predicted octanol–water partition coefficient (Wildman–Crippen LogP) is 1.98. The van der Waals surface area contributed by atoms with Crippen molar-refractivity contribution in [3.63, 3.8) is 0 Å². The van der Waals surface area contributed by atoms with Crippen LogP contribution in [-0.2, 0) is 4.79 Å². The first-order valence-corrected chi connectivity index (χ1v) is 6.15. The highest BCUT2D eigenvalue weighted by Gasteiger charge is 2.32. The average molecular weight is 282 g/mol. The molecule has 1 aliphatic heterocycles. The molecule has 1 aliphatic rings. The highest BCUT2D eigenvalue weighted by Crippen LogP contribution is 2.19. The zero-order valence-corrected chi connectivity index (χ0v) is 10.4. The molecular formula is C11H17F3N2O3.